The molecule has 0 fully saturated rings. The van der Waals surface area contributed by atoms with Gasteiger partial charge in [0.15, 0.2) is 0 Å². The summed E-state index contributed by atoms with van der Waals surface area (Å²) >= 11 is 3.41. The van der Waals surface area contributed by atoms with Crippen molar-refractivity contribution in [2.45, 2.75) is 6.92 Å². The lowest BCUT2D eigenvalue weighted by atomic mass is 10.1. The van der Waals surface area contributed by atoms with E-state index >= 15 is 0 Å². The van der Waals surface area contributed by atoms with Gasteiger partial charge in [0.25, 0.3) is 0 Å². The number of methoxy groups -OCH3 is 1. The molecular formula is C10H12BrNO2. The van der Waals surface area contributed by atoms with Gasteiger partial charge in [-0.2, -0.15) is 0 Å². The lowest BCUT2D eigenvalue weighted by Crippen LogP contribution is -2.16. The Morgan fingerprint density at radius 3 is 2.64 bits per heavy atom. The average Bonchev–Trinajstić information content (AvgIpc) is 2.20. The minimum Gasteiger partial charge on any atom is -0.495 e. The topological polar surface area (TPSA) is 29.5 Å². The third-order valence-corrected chi connectivity index (χ3v) is 2.92. The van der Waals surface area contributed by atoms with Crippen molar-refractivity contribution in [3.63, 3.8) is 0 Å². The van der Waals surface area contributed by atoms with E-state index in [1.54, 1.807) is 14.2 Å². The van der Waals surface area contributed by atoms with Crippen LogP contribution in [0.25, 0.3) is 0 Å². The van der Waals surface area contributed by atoms with Crippen LogP contribution in [-0.2, 0) is 4.79 Å². The number of anilines is 1. The van der Waals surface area contributed by atoms with Crippen LogP contribution in [0.1, 0.15) is 5.56 Å². The molecule has 0 saturated carbocycles. The molecule has 1 rings (SSSR count). The first-order valence-electron chi connectivity index (χ1n) is 4.13. The van der Waals surface area contributed by atoms with Gasteiger partial charge in [-0.25, -0.2) is 0 Å². The van der Waals surface area contributed by atoms with Crippen molar-refractivity contribution in [2.75, 3.05) is 19.1 Å². The first kappa shape index (κ1) is 11.0. The Kier molecular flexibility index (Phi) is 3.52. The Balaban J connectivity index is 3.34. The van der Waals surface area contributed by atoms with E-state index in [4.69, 9.17) is 4.74 Å². The molecule has 1 aromatic rings. The van der Waals surface area contributed by atoms with Crippen LogP contribution in [0.5, 0.6) is 5.75 Å². The Hall–Kier alpha value is -1.03. The van der Waals surface area contributed by atoms with Crippen LogP contribution in [0.2, 0.25) is 0 Å². The molecule has 0 aliphatic rings. The van der Waals surface area contributed by atoms with Crippen LogP contribution in [0.4, 0.5) is 5.69 Å². The first-order valence-corrected chi connectivity index (χ1v) is 4.92. The summed E-state index contributed by atoms with van der Waals surface area (Å²) in [6.07, 6.45) is 0.761. The molecule has 0 bridgehead atoms. The smallest absolute Gasteiger partial charge is 0.213 e. The van der Waals surface area contributed by atoms with Crippen LogP contribution in [0.15, 0.2) is 16.6 Å². The summed E-state index contributed by atoms with van der Waals surface area (Å²) in [4.78, 5) is 12.2. The van der Waals surface area contributed by atoms with Crippen LogP contribution >= 0.6 is 15.9 Å². The number of hydrogen-bond acceptors (Lipinski definition) is 2. The molecule has 0 spiro atoms. The van der Waals surface area contributed by atoms with Crippen LogP contribution in [0.3, 0.4) is 0 Å². The standard InChI is InChI=1S/C10H12BrNO2/c1-7-8(11)4-5-9(14-3)10(7)12(2)6-13/h4-6H,1-3H3. The predicted molar refractivity (Wildman–Crippen MR) is 59.9 cm³/mol. The molecule has 4 heteroatoms. The summed E-state index contributed by atoms with van der Waals surface area (Å²) < 4.78 is 6.14. The molecule has 0 radical (unpaired) electrons. The molecular weight excluding hydrogens is 246 g/mol. The van der Waals surface area contributed by atoms with Crippen molar-refractivity contribution in [1.82, 2.24) is 0 Å². The summed E-state index contributed by atoms with van der Waals surface area (Å²) in [7, 11) is 3.29. The summed E-state index contributed by atoms with van der Waals surface area (Å²) in [5.41, 5.74) is 1.77. The van der Waals surface area contributed by atoms with Gasteiger partial charge in [0.05, 0.1) is 12.8 Å². The Bertz CT molecular complexity index is 352. The molecule has 14 heavy (non-hydrogen) atoms. The minimum absolute atomic E-state index is 0.695. The molecule has 1 amide bonds. The number of carbonyl (C=O) groups is 1. The van der Waals surface area contributed by atoms with E-state index in [9.17, 15) is 4.79 Å². The minimum atomic E-state index is 0.695. The second-order valence-electron chi connectivity index (χ2n) is 2.94. The Morgan fingerprint density at radius 1 is 1.50 bits per heavy atom. The maximum absolute atomic E-state index is 10.7. The van der Waals surface area contributed by atoms with Gasteiger partial charge < -0.3 is 9.64 Å². The molecule has 0 aliphatic carbocycles. The van der Waals surface area contributed by atoms with Gasteiger partial charge in [-0.3, -0.25) is 4.79 Å². The van der Waals surface area contributed by atoms with Crippen molar-refractivity contribution in [3.8, 4) is 5.75 Å². The van der Waals surface area contributed by atoms with E-state index in [0.29, 0.717) is 5.75 Å². The molecule has 76 valence electrons. The number of rotatable bonds is 3. The summed E-state index contributed by atoms with van der Waals surface area (Å²) in [6.45, 7) is 1.93. The SMILES string of the molecule is COc1ccc(Br)c(C)c1N(C)C=O. The van der Waals surface area contributed by atoms with E-state index in [1.165, 1.54) is 4.90 Å². The number of amides is 1. The van der Waals surface area contributed by atoms with Crippen LogP contribution < -0.4 is 9.64 Å². The van der Waals surface area contributed by atoms with E-state index in [-0.39, 0.29) is 0 Å². The van der Waals surface area contributed by atoms with Crippen molar-refractivity contribution in [2.24, 2.45) is 0 Å². The van der Waals surface area contributed by atoms with Gasteiger partial charge in [-0.15, -0.1) is 0 Å². The highest BCUT2D eigenvalue weighted by atomic mass is 79.9. The summed E-state index contributed by atoms with van der Waals surface area (Å²) in [5, 5.41) is 0. The predicted octanol–water partition coefficient (Wildman–Crippen LogP) is 2.36. The van der Waals surface area contributed by atoms with Crippen LogP contribution in [0, 0.1) is 6.92 Å². The number of carbonyl (C=O) groups excluding carboxylic acids is 1. The summed E-state index contributed by atoms with van der Waals surface area (Å²) in [6, 6.07) is 3.72. The van der Waals surface area contributed by atoms with Crippen LogP contribution in [-0.4, -0.2) is 20.6 Å². The third-order valence-electron chi connectivity index (χ3n) is 2.06. The molecule has 0 aliphatic heterocycles. The number of nitrogens with zero attached hydrogens (tertiary/aromatic N) is 1. The molecule has 0 N–H and O–H groups in total. The fourth-order valence-electron chi connectivity index (χ4n) is 1.31. The molecule has 0 heterocycles. The summed E-state index contributed by atoms with van der Waals surface area (Å²) in [5.74, 6) is 0.695. The largest absolute Gasteiger partial charge is 0.495 e. The fraction of sp³-hybridized carbons (Fsp3) is 0.300. The highest BCUT2D eigenvalue weighted by molar-refractivity contribution is 9.10. The molecule has 1 aromatic carbocycles. The van der Waals surface area contributed by atoms with Crippen molar-refractivity contribution < 1.29 is 9.53 Å². The normalized spacial score (nSPS) is 9.71. The second-order valence-corrected chi connectivity index (χ2v) is 3.79. The number of ether oxygens (including phenoxy) is 1. The van der Waals surface area contributed by atoms with Gasteiger partial charge in [0.2, 0.25) is 6.41 Å². The quantitative estimate of drug-likeness (QED) is 0.779. The molecule has 0 atom stereocenters. The molecule has 0 aromatic heterocycles. The van der Waals surface area contributed by atoms with Crippen molar-refractivity contribution >= 4 is 28.0 Å². The van der Waals surface area contributed by atoms with Gasteiger partial charge >= 0.3 is 0 Å². The molecule has 3 nitrogen and oxygen atoms in total. The average molecular weight is 258 g/mol. The number of benzene rings is 1. The third kappa shape index (κ3) is 1.90. The number of halogens is 1. The van der Waals surface area contributed by atoms with Gasteiger partial charge in [0, 0.05) is 11.5 Å². The van der Waals surface area contributed by atoms with Crippen molar-refractivity contribution in [1.29, 1.82) is 0 Å². The van der Waals surface area contributed by atoms with Gasteiger partial charge in [-0.1, -0.05) is 15.9 Å². The zero-order valence-electron chi connectivity index (χ0n) is 8.37. The first-order chi connectivity index (χ1) is 6.61. The monoisotopic (exact) mass is 257 g/mol. The number of hydrogen-bond donors (Lipinski definition) is 0. The second kappa shape index (κ2) is 4.46. The fourth-order valence-corrected chi connectivity index (χ4v) is 1.63. The zero-order chi connectivity index (χ0) is 10.7. The van der Waals surface area contributed by atoms with Gasteiger partial charge in [-0.05, 0) is 24.6 Å². The highest BCUT2D eigenvalue weighted by Crippen LogP contribution is 2.34. The maximum Gasteiger partial charge on any atom is 0.213 e. The van der Waals surface area contributed by atoms with E-state index in [1.807, 2.05) is 19.1 Å². The van der Waals surface area contributed by atoms with E-state index in [2.05, 4.69) is 15.9 Å². The lowest BCUT2D eigenvalue weighted by Gasteiger charge is -2.18. The van der Waals surface area contributed by atoms with Crippen molar-refractivity contribution in [3.05, 3.63) is 22.2 Å². The maximum atomic E-state index is 10.7. The van der Waals surface area contributed by atoms with E-state index in [0.717, 1.165) is 22.1 Å². The zero-order valence-corrected chi connectivity index (χ0v) is 9.96. The Labute approximate surface area is 91.8 Å². The Morgan fingerprint density at radius 2 is 2.14 bits per heavy atom. The van der Waals surface area contributed by atoms with E-state index < -0.39 is 0 Å². The highest BCUT2D eigenvalue weighted by Gasteiger charge is 2.12. The van der Waals surface area contributed by atoms with Gasteiger partial charge in [0.1, 0.15) is 5.75 Å². The molecule has 0 saturated heterocycles. The molecule has 0 unspecified atom stereocenters. The lowest BCUT2D eigenvalue weighted by molar-refractivity contribution is -0.107.